The Balaban J connectivity index is 2.74. The van der Waals surface area contributed by atoms with Crippen LogP contribution in [0, 0.1) is 0 Å². The smallest absolute Gasteiger partial charge is 0.137 e. The Kier molecular flexibility index (Phi) is 7.38. The van der Waals surface area contributed by atoms with Crippen molar-refractivity contribution in [3.63, 3.8) is 0 Å². The molecular formula is C16H28N2OS. The summed E-state index contributed by atoms with van der Waals surface area (Å²) >= 11 is 1.97. The van der Waals surface area contributed by atoms with Gasteiger partial charge in [0, 0.05) is 22.7 Å². The first-order valence-electron chi connectivity index (χ1n) is 7.41. The van der Waals surface area contributed by atoms with E-state index in [1.807, 2.05) is 18.0 Å². The molecule has 0 aliphatic rings. The summed E-state index contributed by atoms with van der Waals surface area (Å²) in [6.07, 6.45) is 4.75. The summed E-state index contributed by atoms with van der Waals surface area (Å²) in [5.74, 6) is 1.91. The lowest BCUT2D eigenvalue weighted by molar-refractivity contribution is 0.315. The van der Waals surface area contributed by atoms with E-state index in [2.05, 4.69) is 51.0 Å². The van der Waals surface area contributed by atoms with Crippen LogP contribution in [0.25, 0.3) is 0 Å². The Hall–Kier alpha value is -0.740. The van der Waals surface area contributed by atoms with E-state index in [-0.39, 0.29) is 4.75 Å². The minimum atomic E-state index is 0.275. The normalized spacial score (nSPS) is 13.2. The molecule has 0 aliphatic heterocycles. The number of hydrogen-bond donors (Lipinski definition) is 1. The average Bonchev–Trinajstić information content (AvgIpc) is 2.40. The molecular weight excluding hydrogens is 268 g/mol. The van der Waals surface area contributed by atoms with Gasteiger partial charge in [-0.05, 0) is 24.6 Å². The molecule has 0 saturated heterocycles. The van der Waals surface area contributed by atoms with Crippen LogP contribution in [-0.4, -0.2) is 28.6 Å². The van der Waals surface area contributed by atoms with Crippen LogP contribution in [0.2, 0.25) is 0 Å². The number of nitrogens with zero attached hydrogens (tertiary/aromatic N) is 1. The molecule has 0 spiro atoms. The topological polar surface area (TPSA) is 34.1 Å². The van der Waals surface area contributed by atoms with Crippen molar-refractivity contribution in [3.05, 3.63) is 24.0 Å². The van der Waals surface area contributed by atoms with E-state index in [1.54, 1.807) is 6.20 Å². The summed E-state index contributed by atoms with van der Waals surface area (Å²) in [5, 5.41) is 3.54. The van der Waals surface area contributed by atoms with Crippen LogP contribution in [0.15, 0.2) is 18.5 Å². The van der Waals surface area contributed by atoms with Crippen LogP contribution in [-0.2, 0) is 0 Å². The number of thioether (sulfide) groups is 1. The number of nitrogens with one attached hydrogen (secondary N) is 1. The average molecular weight is 296 g/mol. The first-order chi connectivity index (χ1) is 9.46. The fourth-order valence-electron chi connectivity index (χ4n) is 1.78. The Bertz CT molecular complexity index is 390. The summed E-state index contributed by atoms with van der Waals surface area (Å²) in [5.41, 5.74) is 1.21. The molecule has 3 nitrogen and oxygen atoms in total. The molecule has 0 fully saturated rings. The number of hydrogen-bond acceptors (Lipinski definition) is 4. The second kappa shape index (κ2) is 8.53. The lowest BCUT2D eigenvalue weighted by atomic mass is 10.1. The van der Waals surface area contributed by atoms with Crippen LogP contribution in [0.3, 0.4) is 0 Å². The highest BCUT2D eigenvalue weighted by atomic mass is 32.2. The molecule has 1 aromatic heterocycles. The minimum Gasteiger partial charge on any atom is -0.492 e. The molecule has 1 rings (SSSR count). The van der Waals surface area contributed by atoms with E-state index >= 15 is 0 Å². The van der Waals surface area contributed by atoms with Crippen LogP contribution in [0.1, 0.15) is 52.6 Å². The van der Waals surface area contributed by atoms with Gasteiger partial charge in [-0.15, -0.1) is 0 Å². The number of pyridine rings is 1. The zero-order valence-electron chi connectivity index (χ0n) is 13.4. The van der Waals surface area contributed by atoms with Crippen LogP contribution < -0.4 is 10.1 Å². The first kappa shape index (κ1) is 17.3. The molecule has 114 valence electrons. The molecule has 0 saturated carbocycles. The number of aromatic nitrogens is 1. The standard InChI is InChI=1S/C16H28N2OS/c1-6-8-19-14-9-13(10-17-11-14)15(18-7-2)12-20-16(3,4)5/h9-11,15,18H,6-8,12H2,1-5H3. The van der Waals surface area contributed by atoms with Gasteiger partial charge in [0.25, 0.3) is 0 Å². The van der Waals surface area contributed by atoms with Gasteiger partial charge in [-0.2, -0.15) is 11.8 Å². The maximum Gasteiger partial charge on any atom is 0.137 e. The minimum absolute atomic E-state index is 0.275. The zero-order valence-corrected chi connectivity index (χ0v) is 14.2. The third kappa shape index (κ3) is 6.62. The molecule has 0 aliphatic carbocycles. The molecule has 1 heterocycles. The number of rotatable bonds is 8. The molecule has 1 unspecified atom stereocenters. The molecule has 0 aromatic carbocycles. The summed E-state index contributed by atoms with van der Waals surface area (Å²) < 4.78 is 5.95. The third-order valence-electron chi connectivity index (χ3n) is 2.74. The zero-order chi connectivity index (χ0) is 15.0. The Morgan fingerprint density at radius 2 is 2.05 bits per heavy atom. The van der Waals surface area contributed by atoms with Crippen molar-refractivity contribution in [1.82, 2.24) is 10.3 Å². The number of ether oxygens (including phenoxy) is 1. The summed E-state index contributed by atoms with van der Waals surface area (Å²) in [6.45, 7) is 12.7. The van der Waals surface area contributed by atoms with Gasteiger partial charge >= 0.3 is 0 Å². The van der Waals surface area contributed by atoms with Crippen molar-refractivity contribution in [2.24, 2.45) is 0 Å². The van der Waals surface area contributed by atoms with E-state index in [0.29, 0.717) is 6.04 Å². The second-order valence-corrected chi connectivity index (χ2v) is 7.68. The summed E-state index contributed by atoms with van der Waals surface area (Å²) in [4.78, 5) is 4.31. The molecule has 0 bridgehead atoms. The van der Waals surface area contributed by atoms with Crippen LogP contribution in [0.4, 0.5) is 0 Å². The van der Waals surface area contributed by atoms with Crippen LogP contribution >= 0.6 is 11.8 Å². The van der Waals surface area contributed by atoms with E-state index in [1.165, 1.54) is 5.56 Å². The third-order valence-corrected chi connectivity index (χ3v) is 4.11. The second-order valence-electron chi connectivity index (χ2n) is 5.84. The maximum atomic E-state index is 5.67. The van der Waals surface area contributed by atoms with Crippen molar-refractivity contribution in [2.75, 3.05) is 18.9 Å². The van der Waals surface area contributed by atoms with Gasteiger partial charge in [0.15, 0.2) is 0 Å². The van der Waals surface area contributed by atoms with Gasteiger partial charge in [0.2, 0.25) is 0 Å². The largest absolute Gasteiger partial charge is 0.492 e. The quantitative estimate of drug-likeness (QED) is 0.784. The van der Waals surface area contributed by atoms with Gasteiger partial charge in [-0.1, -0.05) is 34.6 Å². The van der Waals surface area contributed by atoms with E-state index in [0.717, 1.165) is 31.1 Å². The predicted octanol–water partition coefficient (Wildman–Crippen LogP) is 4.05. The summed E-state index contributed by atoms with van der Waals surface area (Å²) in [7, 11) is 0. The van der Waals surface area contributed by atoms with Gasteiger partial charge in [-0.3, -0.25) is 4.98 Å². The van der Waals surface area contributed by atoms with Gasteiger partial charge in [0.05, 0.1) is 12.8 Å². The van der Waals surface area contributed by atoms with Crippen molar-refractivity contribution < 1.29 is 4.74 Å². The van der Waals surface area contributed by atoms with Crippen LogP contribution in [0.5, 0.6) is 5.75 Å². The molecule has 1 atom stereocenters. The molecule has 0 amide bonds. The van der Waals surface area contributed by atoms with E-state index in [9.17, 15) is 0 Å². The highest BCUT2D eigenvalue weighted by molar-refractivity contribution is 8.00. The lowest BCUT2D eigenvalue weighted by Crippen LogP contribution is -2.25. The van der Waals surface area contributed by atoms with Gasteiger partial charge in [0.1, 0.15) is 5.75 Å². The summed E-state index contributed by atoms with van der Waals surface area (Å²) in [6, 6.07) is 2.43. The highest BCUT2D eigenvalue weighted by Crippen LogP contribution is 2.29. The van der Waals surface area contributed by atoms with E-state index in [4.69, 9.17) is 4.74 Å². The predicted molar refractivity (Wildman–Crippen MR) is 88.7 cm³/mol. The Labute approximate surface area is 127 Å². The van der Waals surface area contributed by atoms with Crippen molar-refractivity contribution in [2.45, 2.75) is 51.8 Å². The van der Waals surface area contributed by atoms with Crippen molar-refractivity contribution in [3.8, 4) is 5.75 Å². The lowest BCUT2D eigenvalue weighted by Gasteiger charge is -2.24. The molecule has 0 radical (unpaired) electrons. The fraction of sp³-hybridized carbons (Fsp3) is 0.688. The molecule has 4 heteroatoms. The monoisotopic (exact) mass is 296 g/mol. The van der Waals surface area contributed by atoms with Crippen molar-refractivity contribution in [1.29, 1.82) is 0 Å². The highest BCUT2D eigenvalue weighted by Gasteiger charge is 2.17. The van der Waals surface area contributed by atoms with Gasteiger partial charge < -0.3 is 10.1 Å². The Morgan fingerprint density at radius 1 is 1.30 bits per heavy atom. The molecule has 20 heavy (non-hydrogen) atoms. The van der Waals surface area contributed by atoms with Gasteiger partial charge in [-0.25, -0.2) is 0 Å². The molecule has 1 aromatic rings. The maximum absolute atomic E-state index is 5.67. The van der Waals surface area contributed by atoms with Crippen molar-refractivity contribution >= 4 is 11.8 Å². The fourth-order valence-corrected chi connectivity index (χ4v) is 2.75. The Morgan fingerprint density at radius 3 is 2.65 bits per heavy atom. The first-order valence-corrected chi connectivity index (χ1v) is 8.40. The SMILES string of the molecule is CCCOc1cncc(C(CSC(C)(C)C)NCC)c1. The molecule has 1 N–H and O–H groups in total. The van der Waals surface area contributed by atoms with E-state index < -0.39 is 0 Å².